The van der Waals surface area contributed by atoms with Gasteiger partial charge in [0.2, 0.25) is 5.88 Å². The van der Waals surface area contributed by atoms with Crippen LogP contribution in [0.2, 0.25) is 0 Å². The van der Waals surface area contributed by atoms with Gasteiger partial charge in [0.1, 0.15) is 12.1 Å². The van der Waals surface area contributed by atoms with Crippen LogP contribution in [0.15, 0.2) is 30.7 Å². The van der Waals surface area contributed by atoms with E-state index >= 15 is 0 Å². The molecule has 0 aliphatic rings. The molecule has 0 radical (unpaired) electrons. The zero-order chi connectivity index (χ0) is 12.3. The fraction of sp³-hybridized carbons (Fsp3) is 0.0909. The van der Waals surface area contributed by atoms with Crippen molar-refractivity contribution in [2.45, 2.75) is 6.61 Å². The van der Waals surface area contributed by atoms with Crippen molar-refractivity contribution in [1.82, 2.24) is 9.97 Å². The summed E-state index contributed by atoms with van der Waals surface area (Å²) in [5.74, 6) is -1.77. The van der Waals surface area contributed by atoms with Crippen LogP contribution in [0.4, 0.5) is 8.78 Å². The minimum atomic E-state index is -1.01. The summed E-state index contributed by atoms with van der Waals surface area (Å²) in [6.07, 6.45) is 2.61. The number of halogens is 2. The largest absolute Gasteiger partial charge is 0.438 e. The molecule has 0 aliphatic heterocycles. The number of ether oxygens (including phenoxy) is 1. The number of hydrogen-bond donors (Lipinski definition) is 1. The molecule has 1 heterocycles. The van der Waals surface area contributed by atoms with Gasteiger partial charge >= 0.3 is 0 Å². The third-order valence-corrected chi connectivity index (χ3v) is 2.02. The first-order valence-corrected chi connectivity index (χ1v) is 4.73. The normalized spacial score (nSPS) is 10.3. The second-order valence-electron chi connectivity index (χ2n) is 3.19. The van der Waals surface area contributed by atoms with E-state index in [-0.39, 0.29) is 18.2 Å². The van der Waals surface area contributed by atoms with Gasteiger partial charge in [0.25, 0.3) is 0 Å². The van der Waals surface area contributed by atoms with Crippen LogP contribution in [0.25, 0.3) is 0 Å². The molecule has 2 aromatic rings. The van der Waals surface area contributed by atoms with Crippen molar-refractivity contribution >= 4 is 0 Å². The van der Waals surface area contributed by atoms with Gasteiger partial charge in [0.05, 0.1) is 12.2 Å². The first-order chi connectivity index (χ1) is 8.20. The number of benzene rings is 1. The van der Waals surface area contributed by atoms with Gasteiger partial charge in [-0.25, -0.2) is 18.7 Å². The van der Waals surface area contributed by atoms with Gasteiger partial charge < -0.3 is 9.84 Å². The second-order valence-corrected chi connectivity index (χ2v) is 3.19. The first-order valence-electron chi connectivity index (χ1n) is 4.73. The fourth-order valence-corrected chi connectivity index (χ4v) is 1.20. The van der Waals surface area contributed by atoms with Crippen LogP contribution in [0.5, 0.6) is 11.6 Å². The molecule has 2 rings (SSSR count). The van der Waals surface area contributed by atoms with Gasteiger partial charge in [0, 0.05) is 12.3 Å². The molecule has 0 atom stereocenters. The molecule has 0 aliphatic carbocycles. The summed E-state index contributed by atoms with van der Waals surface area (Å²) < 4.78 is 30.8. The van der Waals surface area contributed by atoms with Crippen LogP contribution >= 0.6 is 0 Å². The molecule has 0 saturated heterocycles. The molecule has 1 N–H and O–H groups in total. The zero-order valence-corrected chi connectivity index (χ0v) is 8.60. The van der Waals surface area contributed by atoms with Crippen molar-refractivity contribution in [3.63, 3.8) is 0 Å². The van der Waals surface area contributed by atoms with Crippen molar-refractivity contribution in [3.8, 4) is 11.6 Å². The average Bonchev–Trinajstić information content (AvgIpc) is 2.34. The molecule has 0 unspecified atom stereocenters. The number of hydrogen-bond acceptors (Lipinski definition) is 4. The summed E-state index contributed by atoms with van der Waals surface area (Å²) in [5, 5.41) is 9.00. The van der Waals surface area contributed by atoms with Gasteiger partial charge in [0.15, 0.2) is 11.6 Å². The Balaban J connectivity index is 2.28. The first kappa shape index (κ1) is 11.4. The Labute approximate surface area is 95.5 Å². The molecule has 88 valence electrons. The SMILES string of the molecule is OCc1cncnc1Oc1ccc(F)c(F)c1. The monoisotopic (exact) mass is 238 g/mol. The van der Waals surface area contributed by atoms with Gasteiger partial charge in [-0.15, -0.1) is 0 Å². The lowest BCUT2D eigenvalue weighted by atomic mass is 10.3. The Kier molecular flexibility index (Phi) is 3.24. The number of aliphatic hydroxyl groups excluding tert-OH is 1. The highest BCUT2D eigenvalue weighted by molar-refractivity contribution is 5.31. The van der Waals surface area contributed by atoms with Crippen LogP contribution < -0.4 is 4.74 Å². The van der Waals surface area contributed by atoms with Gasteiger partial charge in [-0.05, 0) is 12.1 Å². The van der Waals surface area contributed by atoms with Crippen LogP contribution in [0.1, 0.15) is 5.56 Å². The molecule has 6 heteroatoms. The Morgan fingerprint density at radius 1 is 1.24 bits per heavy atom. The minimum Gasteiger partial charge on any atom is -0.438 e. The maximum absolute atomic E-state index is 12.9. The summed E-state index contributed by atoms with van der Waals surface area (Å²) in [5.41, 5.74) is 0.359. The van der Waals surface area contributed by atoms with E-state index in [1.807, 2.05) is 0 Å². The summed E-state index contributed by atoms with van der Waals surface area (Å²) >= 11 is 0. The van der Waals surface area contributed by atoms with Gasteiger partial charge in [-0.1, -0.05) is 0 Å². The lowest BCUT2D eigenvalue weighted by Crippen LogP contribution is -1.96. The average molecular weight is 238 g/mol. The van der Waals surface area contributed by atoms with Crippen LogP contribution in [0.3, 0.4) is 0 Å². The molecule has 0 bridgehead atoms. The molecule has 0 spiro atoms. The van der Waals surface area contributed by atoms with E-state index < -0.39 is 11.6 Å². The third-order valence-electron chi connectivity index (χ3n) is 2.02. The topological polar surface area (TPSA) is 55.2 Å². The molecule has 0 saturated carbocycles. The van der Waals surface area contributed by atoms with Crippen molar-refractivity contribution < 1.29 is 18.6 Å². The zero-order valence-electron chi connectivity index (χ0n) is 8.60. The van der Waals surface area contributed by atoms with Crippen LogP contribution in [0, 0.1) is 11.6 Å². The predicted octanol–water partition coefficient (Wildman–Crippen LogP) is 2.04. The summed E-state index contributed by atoms with van der Waals surface area (Å²) in [7, 11) is 0. The molecule has 4 nitrogen and oxygen atoms in total. The third kappa shape index (κ3) is 2.54. The minimum absolute atomic E-state index is 0.0947. The van der Waals surface area contributed by atoms with Crippen molar-refractivity contribution in [2.24, 2.45) is 0 Å². The van der Waals surface area contributed by atoms with Crippen molar-refractivity contribution in [2.75, 3.05) is 0 Å². The summed E-state index contributed by atoms with van der Waals surface area (Å²) in [6, 6.07) is 3.12. The van der Waals surface area contributed by atoms with Crippen LogP contribution in [-0.4, -0.2) is 15.1 Å². The molecule has 0 amide bonds. The number of nitrogens with zero attached hydrogens (tertiary/aromatic N) is 2. The maximum Gasteiger partial charge on any atom is 0.227 e. The van der Waals surface area contributed by atoms with E-state index in [4.69, 9.17) is 9.84 Å². The molecule has 1 aromatic carbocycles. The van der Waals surface area contributed by atoms with E-state index in [1.54, 1.807) is 0 Å². The highest BCUT2D eigenvalue weighted by Gasteiger charge is 2.08. The van der Waals surface area contributed by atoms with Crippen molar-refractivity contribution in [3.05, 3.63) is 47.9 Å². The highest BCUT2D eigenvalue weighted by Crippen LogP contribution is 2.23. The maximum atomic E-state index is 12.9. The molecular weight excluding hydrogens is 230 g/mol. The van der Waals surface area contributed by atoms with E-state index in [9.17, 15) is 8.78 Å². The van der Waals surface area contributed by atoms with E-state index in [0.717, 1.165) is 12.1 Å². The van der Waals surface area contributed by atoms with E-state index in [2.05, 4.69) is 9.97 Å². The highest BCUT2D eigenvalue weighted by atomic mass is 19.2. The fourth-order valence-electron chi connectivity index (χ4n) is 1.20. The quantitative estimate of drug-likeness (QED) is 0.889. The lowest BCUT2D eigenvalue weighted by Gasteiger charge is -2.07. The van der Waals surface area contributed by atoms with Crippen LogP contribution in [-0.2, 0) is 6.61 Å². The van der Waals surface area contributed by atoms with Crippen molar-refractivity contribution in [1.29, 1.82) is 0 Å². The molecule has 17 heavy (non-hydrogen) atoms. The second kappa shape index (κ2) is 4.84. The lowest BCUT2D eigenvalue weighted by molar-refractivity contribution is 0.274. The molecule has 0 fully saturated rings. The molecular formula is C11H8F2N2O2. The Morgan fingerprint density at radius 2 is 2.06 bits per heavy atom. The number of rotatable bonds is 3. The van der Waals surface area contributed by atoms with E-state index in [0.29, 0.717) is 5.56 Å². The standard InChI is InChI=1S/C11H8F2N2O2/c12-9-2-1-8(3-10(9)13)17-11-7(5-16)4-14-6-15-11/h1-4,6,16H,5H2. The number of aromatic nitrogens is 2. The summed E-state index contributed by atoms with van der Waals surface area (Å²) in [6.45, 7) is -0.306. The van der Waals surface area contributed by atoms with Gasteiger partial charge in [-0.2, -0.15) is 0 Å². The predicted molar refractivity (Wildman–Crippen MR) is 54.4 cm³/mol. The smallest absolute Gasteiger partial charge is 0.227 e. The Morgan fingerprint density at radius 3 is 2.76 bits per heavy atom. The summed E-state index contributed by atoms with van der Waals surface area (Å²) in [4.78, 5) is 7.49. The Hall–Kier alpha value is -2.08. The van der Waals surface area contributed by atoms with E-state index in [1.165, 1.54) is 18.6 Å². The molecule has 1 aromatic heterocycles. The number of aliphatic hydroxyl groups is 1. The van der Waals surface area contributed by atoms with Gasteiger partial charge in [-0.3, -0.25) is 0 Å². The Bertz CT molecular complexity index is 535.